The highest BCUT2D eigenvalue weighted by molar-refractivity contribution is 5.77. The van der Waals surface area contributed by atoms with Gasteiger partial charge in [0.05, 0.1) is 0 Å². The van der Waals surface area contributed by atoms with Crippen molar-refractivity contribution in [1.82, 2.24) is 10.3 Å². The zero-order valence-corrected chi connectivity index (χ0v) is 14.0. The Labute approximate surface area is 146 Å². The molecule has 5 nitrogen and oxygen atoms in total. The fourth-order valence-corrected chi connectivity index (χ4v) is 2.96. The molecule has 0 unspecified atom stereocenters. The van der Waals surface area contributed by atoms with Crippen molar-refractivity contribution in [2.75, 3.05) is 31.1 Å². The van der Waals surface area contributed by atoms with E-state index < -0.39 is 5.82 Å². The van der Waals surface area contributed by atoms with E-state index in [4.69, 9.17) is 4.74 Å². The fraction of sp³-hybridized carbons (Fsp3) is 0.368. The number of benzene rings is 1. The van der Waals surface area contributed by atoms with Crippen LogP contribution in [0.1, 0.15) is 12.8 Å². The van der Waals surface area contributed by atoms with Gasteiger partial charge in [-0.1, -0.05) is 12.1 Å². The van der Waals surface area contributed by atoms with E-state index in [1.54, 1.807) is 24.5 Å². The number of carbonyl (C=O) groups excluding carboxylic acids is 1. The van der Waals surface area contributed by atoms with Gasteiger partial charge in [0.1, 0.15) is 0 Å². The van der Waals surface area contributed by atoms with Crippen molar-refractivity contribution >= 4 is 11.6 Å². The minimum Gasteiger partial charge on any atom is -0.481 e. The van der Waals surface area contributed by atoms with E-state index in [0.29, 0.717) is 12.5 Å². The number of halogens is 1. The van der Waals surface area contributed by atoms with Crippen molar-refractivity contribution in [3.05, 3.63) is 54.6 Å². The lowest BCUT2D eigenvalue weighted by atomic mass is 9.96. The number of anilines is 1. The molecule has 1 aromatic heterocycles. The topological polar surface area (TPSA) is 54.5 Å². The standard InChI is InChI=1S/C19H22FN3O2/c20-17-3-1-2-4-18(17)25-14-19(24)22-13-15-7-11-23(12-8-15)16-5-9-21-10-6-16/h1-6,9-10,15H,7-8,11-14H2,(H,22,24). The van der Waals surface area contributed by atoms with Crippen LogP contribution >= 0.6 is 0 Å². The predicted octanol–water partition coefficient (Wildman–Crippen LogP) is 2.63. The second-order valence-corrected chi connectivity index (χ2v) is 6.16. The van der Waals surface area contributed by atoms with Gasteiger partial charge in [-0.05, 0) is 43.0 Å². The number of para-hydroxylation sites is 1. The number of carbonyl (C=O) groups is 1. The van der Waals surface area contributed by atoms with E-state index in [-0.39, 0.29) is 18.3 Å². The molecule has 0 aliphatic carbocycles. The molecule has 1 aromatic carbocycles. The summed E-state index contributed by atoms with van der Waals surface area (Å²) in [6, 6.07) is 10.1. The maximum absolute atomic E-state index is 13.4. The van der Waals surface area contributed by atoms with Crippen molar-refractivity contribution in [1.29, 1.82) is 0 Å². The first-order chi connectivity index (χ1) is 12.2. The molecule has 2 heterocycles. The Kier molecular flexibility index (Phi) is 5.82. The Morgan fingerprint density at radius 1 is 1.20 bits per heavy atom. The number of nitrogens with zero attached hydrogens (tertiary/aromatic N) is 2. The predicted molar refractivity (Wildman–Crippen MR) is 94.1 cm³/mol. The molecule has 1 aliphatic rings. The third kappa shape index (κ3) is 4.92. The minimum absolute atomic E-state index is 0.100. The first-order valence-electron chi connectivity index (χ1n) is 8.51. The van der Waals surface area contributed by atoms with E-state index in [9.17, 15) is 9.18 Å². The summed E-state index contributed by atoms with van der Waals surface area (Å²) < 4.78 is 18.6. The molecule has 1 N–H and O–H groups in total. The SMILES string of the molecule is O=C(COc1ccccc1F)NCC1CCN(c2ccncc2)CC1. The molecular formula is C19H22FN3O2. The Balaban J connectivity index is 1.37. The van der Waals surface area contributed by atoms with Gasteiger partial charge in [0.15, 0.2) is 18.2 Å². The van der Waals surface area contributed by atoms with Crippen molar-refractivity contribution in [3.8, 4) is 5.75 Å². The van der Waals surface area contributed by atoms with E-state index in [1.165, 1.54) is 17.8 Å². The lowest BCUT2D eigenvalue weighted by molar-refractivity contribution is -0.123. The number of pyridine rings is 1. The summed E-state index contributed by atoms with van der Waals surface area (Å²) in [4.78, 5) is 18.3. The summed E-state index contributed by atoms with van der Waals surface area (Å²) in [7, 11) is 0. The van der Waals surface area contributed by atoms with Gasteiger partial charge in [-0.3, -0.25) is 9.78 Å². The van der Waals surface area contributed by atoms with Crippen molar-refractivity contribution < 1.29 is 13.9 Å². The van der Waals surface area contributed by atoms with Gasteiger partial charge in [-0.15, -0.1) is 0 Å². The summed E-state index contributed by atoms with van der Waals surface area (Å²) in [5.41, 5.74) is 1.19. The lowest BCUT2D eigenvalue weighted by Crippen LogP contribution is -2.39. The normalized spacial score (nSPS) is 15.0. The van der Waals surface area contributed by atoms with E-state index in [2.05, 4.69) is 15.2 Å². The molecular weight excluding hydrogens is 321 g/mol. The molecule has 2 aromatic rings. The van der Waals surface area contributed by atoms with E-state index in [1.807, 2.05) is 12.1 Å². The maximum Gasteiger partial charge on any atom is 0.257 e. The van der Waals surface area contributed by atoms with Crippen LogP contribution in [-0.4, -0.2) is 37.1 Å². The van der Waals surface area contributed by atoms with Crippen LogP contribution in [-0.2, 0) is 4.79 Å². The average Bonchev–Trinajstić information content (AvgIpc) is 2.67. The molecule has 1 aliphatic heterocycles. The van der Waals surface area contributed by atoms with Gasteiger partial charge >= 0.3 is 0 Å². The van der Waals surface area contributed by atoms with Gasteiger partial charge in [0, 0.05) is 37.7 Å². The molecule has 132 valence electrons. The Hall–Kier alpha value is -2.63. The molecule has 0 saturated carbocycles. The first kappa shape index (κ1) is 17.2. The Morgan fingerprint density at radius 2 is 1.92 bits per heavy atom. The van der Waals surface area contributed by atoms with E-state index in [0.717, 1.165) is 25.9 Å². The van der Waals surface area contributed by atoms with Crippen LogP contribution in [0.15, 0.2) is 48.8 Å². The molecule has 1 saturated heterocycles. The number of rotatable bonds is 6. The molecule has 0 atom stereocenters. The Bertz CT molecular complexity index is 688. The number of amides is 1. The second kappa shape index (κ2) is 8.46. The third-order valence-electron chi connectivity index (χ3n) is 4.43. The smallest absolute Gasteiger partial charge is 0.257 e. The highest BCUT2D eigenvalue weighted by Gasteiger charge is 2.20. The number of piperidine rings is 1. The number of ether oxygens (including phenoxy) is 1. The van der Waals surface area contributed by atoms with Crippen LogP contribution in [0.2, 0.25) is 0 Å². The van der Waals surface area contributed by atoms with Crippen molar-refractivity contribution in [3.63, 3.8) is 0 Å². The molecule has 6 heteroatoms. The highest BCUT2D eigenvalue weighted by Crippen LogP contribution is 2.22. The zero-order chi connectivity index (χ0) is 17.5. The lowest BCUT2D eigenvalue weighted by Gasteiger charge is -2.33. The first-order valence-corrected chi connectivity index (χ1v) is 8.51. The van der Waals surface area contributed by atoms with Crippen molar-refractivity contribution in [2.24, 2.45) is 5.92 Å². The molecule has 0 bridgehead atoms. The number of hydrogen-bond donors (Lipinski definition) is 1. The fourth-order valence-electron chi connectivity index (χ4n) is 2.96. The van der Waals surface area contributed by atoms with Crippen LogP contribution in [0.4, 0.5) is 10.1 Å². The van der Waals surface area contributed by atoms with Gasteiger partial charge in [0.2, 0.25) is 0 Å². The molecule has 0 spiro atoms. The van der Waals surface area contributed by atoms with Crippen LogP contribution in [0.5, 0.6) is 5.75 Å². The van der Waals surface area contributed by atoms with Crippen LogP contribution in [0.3, 0.4) is 0 Å². The monoisotopic (exact) mass is 343 g/mol. The number of aromatic nitrogens is 1. The maximum atomic E-state index is 13.4. The van der Waals surface area contributed by atoms with Crippen molar-refractivity contribution in [2.45, 2.75) is 12.8 Å². The minimum atomic E-state index is -0.459. The largest absolute Gasteiger partial charge is 0.481 e. The van der Waals surface area contributed by atoms with Gasteiger partial charge in [-0.2, -0.15) is 0 Å². The summed E-state index contributed by atoms with van der Waals surface area (Å²) >= 11 is 0. The molecule has 1 amide bonds. The van der Waals surface area contributed by atoms with Crippen LogP contribution in [0.25, 0.3) is 0 Å². The number of hydrogen-bond acceptors (Lipinski definition) is 4. The molecule has 25 heavy (non-hydrogen) atoms. The van der Waals surface area contributed by atoms with Gasteiger partial charge in [-0.25, -0.2) is 4.39 Å². The highest BCUT2D eigenvalue weighted by atomic mass is 19.1. The quantitative estimate of drug-likeness (QED) is 0.876. The third-order valence-corrected chi connectivity index (χ3v) is 4.43. The summed E-state index contributed by atoms with van der Waals surface area (Å²) in [5, 5.41) is 2.88. The molecule has 1 fully saturated rings. The average molecular weight is 343 g/mol. The molecule has 3 rings (SSSR count). The van der Waals surface area contributed by atoms with E-state index >= 15 is 0 Å². The van der Waals surface area contributed by atoms with Gasteiger partial charge < -0.3 is 15.0 Å². The number of nitrogens with one attached hydrogen (secondary N) is 1. The summed E-state index contributed by atoms with van der Waals surface area (Å²) in [6.45, 7) is 2.40. The Morgan fingerprint density at radius 3 is 2.64 bits per heavy atom. The molecule has 0 radical (unpaired) electrons. The summed E-state index contributed by atoms with van der Waals surface area (Å²) in [5.74, 6) is -0.127. The van der Waals surface area contributed by atoms with Gasteiger partial charge in [0.25, 0.3) is 5.91 Å². The summed E-state index contributed by atoms with van der Waals surface area (Å²) in [6.07, 6.45) is 5.65. The van der Waals surface area contributed by atoms with Crippen LogP contribution < -0.4 is 15.0 Å². The van der Waals surface area contributed by atoms with Crippen LogP contribution in [0, 0.1) is 11.7 Å². The zero-order valence-electron chi connectivity index (χ0n) is 14.0. The second-order valence-electron chi connectivity index (χ2n) is 6.16.